The summed E-state index contributed by atoms with van der Waals surface area (Å²) in [6.07, 6.45) is -3.77. The lowest BCUT2D eigenvalue weighted by Crippen LogP contribution is -2.32. The van der Waals surface area contributed by atoms with Crippen LogP contribution in [0.4, 0.5) is 13.2 Å². The van der Waals surface area contributed by atoms with Crippen LogP contribution in [-0.4, -0.2) is 66.9 Å². The summed E-state index contributed by atoms with van der Waals surface area (Å²) in [5.74, 6) is 0.313. The van der Waals surface area contributed by atoms with Crippen molar-refractivity contribution < 1.29 is 36.9 Å². The summed E-state index contributed by atoms with van der Waals surface area (Å²) in [6.45, 7) is 10.2. The van der Waals surface area contributed by atoms with Gasteiger partial charge >= 0.3 is 18.2 Å². The molecular weight excluding hydrogens is 557 g/mol. The average Bonchev–Trinajstić information content (AvgIpc) is 3.31. The second-order valence-corrected chi connectivity index (χ2v) is 17.0. The molecule has 2 aromatic heterocycles. The van der Waals surface area contributed by atoms with Crippen molar-refractivity contribution in [2.75, 3.05) is 26.9 Å². The Morgan fingerprint density at radius 2 is 1.61 bits per heavy atom. The fraction of sp³-hybridized carbons (Fsp3) is 0.500. The van der Waals surface area contributed by atoms with Crippen LogP contribution in [0.5, 0.6) is 11.9 Å². The highest BCUT2D eigenvalue weighted by molar-refractivity contribution is 6.76. The number of ether oxygens (including phenoxy) is 4. The van der Waals surface area contributed by atoms with Gasteiger partial charge in [-0.05, 0) is 31.5 Å². The lowest BCUT2D eigenvalue weighted by atomic mass is 9.95. The summed E-state index contributed by atoms with van der Waals surface area (Å²) in [5, 5.41) is 4.43. The molecule has 0 saturated carbocycles. The third-order valence-corrected chi connectivity index (χ3v) is 7.70. The van der Waals surface area contributed by atoms with Crippen molar-refractivity contribution in [3.63, 3.8) is 0 Å². The number of pyridine rings is 1. The lowest BCUT2D eigenvalue weighted by molar-refractivity contribution is -0.152. The molecule has 0 aliphatic carbocycles. The third kappa shape index (κ3) is 10.2. The SMILES string of the molecule is COC(=O)C(C)(C)COc1ccc(-c2ccc(-c3nc(OCCC(F)(F)F)n(COCC[Si](C)(C)C)n3)cc2)cn1. The number of halogens is 3. The molecule has 0 aliphatic heterocycles. The van der Waals surface area contributed by atoms with E-state index in [1.165, 1.54) is 11.8 Å². The van der Waals surface area contributed by atoms with Crippen LogP contribution >= 0.6 is 0 Å². The summed E-state index contributed by atoms with van der Waals surface area (Å²) in [5.41, 5.74) is 1.56. The van der Waals surface area contributed by atoms with E-state index >= 15 is 0 Å². The van der Waals surface area contributed by atoms with Gasteiger partial charge in [0, 0.05) is 38.1 Å². The van der Waals surface area contributed by atoms with Crippen molar-refractivity contribution in [1.82, 2.24) is 19.7 Å². The minimum Gasteiger partial charge on any atom is -0.476 e. The summed E-state index contributed by atoms with van der Waals surface area (Å²) in [7, 11) is 0.0259. The number of nitrogens with zero attached hydrogens (tertiary/aromatic N) is 4. The standard InChI is InChI=1S/C28H37F3N4O5Si/c1-27(2,25(36)37-3)18-40-23-12-11-22(17-32-23)20-7-9-21(10-8-20)24-33-26(39-14-13-28(29,30)31)35(34-24)19-38-15-16-41(4,5)6/h7-12,17H,13-16,18-19H2,1-6H3. The molecule has 224 valence electrons. The molecule has 0 saturated heterocycles. The normalized spacial score (nSPS) is 12.3. The van der Waals surface area contributed by atoms with Gasteiger partial charge in [0.25, 0.3) is 0 Å². The van der Waals surface area contributed by atoms with E-state index in [2.05, 4.69) is 34.7 Å². The summed E-state index contributed by atoms with van der Waals surface area (Å²) < 4.78 is 60.8. The maximum atomic E-state index is 12.6. The fourth-order valence-corrected chi connectivity index (χ4v) is 4.22. The van der Waals surface area contributed by atoms with E-state index < -0.39 is 32.7 Å². The number of alkyl halides is 3. The first-order chi connectivity index (χ1) is 19.2. The molecule has 0 aliphatic rings. The topological polar surface area (TPSA) is 97.6 Å². The molecule has 13 heteroatoms. The molecule has 0 atom stereocenters. The van der Waals surface area contributed by atoms with Crippen LogP contribution in [-0.2, 0) is 21.0 Å². The quantitative estimate of drug-likeness (QED) is 0.123. The Morgan fingerprint density at radius 3 is 2.20 bits per heavy atom. The van der Waals surface area contributed by atoms with Crippen molar-refractivity contribution >= 4 is 14.0 Å². The van der Waals surface area contributed by atoms with Crippen molar-refractivity contribution in [1.29, 1.82) is 0 Å². The molecule has 0 radical (unpaired) electrons. The van der Waals surface area contributed by atoms with Crippen LogP contribution in [0.15, 0.2) is 42.6 Å². The molecule has 9 nitrogen and oxygen atoms in total. The molecule has 3 rings (SSSR count). The van der Waals surface area contributed by atoms with Gasteiger partial charge in [-0.2, -0.15) is 22.8 Å². The number of hydrogen-bond donors (Lipinski definition) is 0. The number of carbonyl (C=O) groups excluding carboxylic acids is 1. The molecular formula is C28H37F3N4O5Si. The van der Waals surface area contributed by atoms with Gasteiger partial charge in [0.15, 0.2) is 5.82 Å². The number of carbonyl (C=O) groups is 1. The van der Waals surface area contributed by atoms with E-state index in [0.717, 1.165) is 17.2 Å². The van der Waals surface area contributed by atoms with Gasteiger partial charge in [-0.15, -0.1) is 5.10 Å². The monoisotopic (exact) mass is 594 g/mol. The van der Waals surface area contributed by atoms with Gasteiger partial charge in [-0.3, -0.25) is 4.79 Å². The van der Waals surface area contributed by atoms with Crippen molar-refractivity contribution in [2.45, 2.75) is 58.9 Å². The Labute approximate surface area is 239 Å². The maximum Gasteiger partial charge on any atom is 0.392 e. The molecule has 0 N–H and O–H groups in total. The van der Waals surface area contributed by atoms with Crippen molar-refractivity contribution in [3.05, 3.63) is 42.6 Å². The fourth-order valence-electron chi connectivity index (χ4n) is 3.47. The zero-order valence-electron chi connectivity index (χ0n) is 24.2. The Balaban J connectivity index is 1.69. The zero-order valence-corrected chi connectivity index (χ0v) is 25.2. The molecule has 3 aromatic rings. The second kappa shape index (κ2) is 13.5. The highest BCUT2D eigenvalue weighted by Gasteiger charge is 2.30. The van der Waals surface area contributed by atoms with Gasteiger partial charge in [0.1, 0.15) is 19.9 Å². The lowest BCUT2D eigenvalue weighted by Gasteiger charge is -2.21. The summed E-state index contributed by atoms with van der Waals surface area (Å²) >= 11 is 0. The molecule has 0 bridgehead atoms. The highest BCUT2D eigenvalue weighted by Crippen LogP contribution is 2.27. The largest absolute Gasteiger partial charge is 0.476 e. The smallest absolute Gasteiger partial charge is 0.392 e. The number of aromatic nitrogens is 4. The Hall–Kier alpha value is -3.45. The van der Waals surface area contributed by atoms with Gasteiger partial charge in [-0.1, -0.05) is 43.9 Å². The number of methoxy groups -OCH3 is 1. The first-order valence-electron chi connectivity index (χ1n) is 13.2. The predicted octanol–water partition coefficient (Wildman–Crippen LogP) is 6.23. The van der Waals surface area contributed by atoms with Crippen molar-refractivity contribution in [2.24, 2.45) is 5.41 Å². The van der Waals surface area contributed by atoms with Crippen LogP contribution in [0.2, 0.25) is 25.7 Å². The van der Waals surface area contributed by atoms with Crippen LogP contribution in [0.1, 0.15) is 20.3 Å². The summed E-state index contributed by atoms with van der Waals surface area (Å²) in [4.78, 5) is 20.5. The van der Waals surface area contributed by atoms with Crippen LogP contribution < -0.4 is 9.47 Å². The molecule has 0 unspecified atom stereocenters. The van der Waals surface area contributed by atoms with E-state index in [9.17, 15) is 18.0 Å². The molecule has 1 aromatic carbocycles. The highest BCUT2D eigenvalue weighted by atomic mass is 28.3. The predicted molar refractivity (Wildman–Crippen MR) is 150 cm³/mol. The van der Waals surface area contributed by atoms with Gasteiger partial charge in [-0.25, -0.2) is 4.98 Å². The Bertz CT molecular complexity index is 1270. The van der Waals surface area contributed by atoms with E-state index in [1.54, 1.807) is 26.1 Å². The first kappa shape index (κ1) is 32.1. The van der Waals surface area contributed by atoms with Gasteiger partial charge in [0.2, 0.25) is 5.88 Å². The molecule has 0 spiro atoms. The molecule has 0 amide bonds. The maximum absolute atomic E-state index is 12.6. The number of rotatable bonds is 14. The van der Waals surface area contributed by atoms with Crippen molar-refractivity contribution in [3.8, 4) is 34.4 Å². The third-order valence-electron chi connectivity index (χ3n) is 6.00. The van der Waals surface area contributed by atoms with Crippen LogP contribution in [0.25, 0.3) is 22.5 Å². The average molecular weight is 595 g/mol. The second-order valence-electron chi connectivity index (χ2n) is 11.4. The van der Waals surface area contributed by atoms with Gasteiger partial charge in [0.05, 0.1) is 18.9 Å². The Morgan fingerprint density at radius 1 is 0.951 bits per heavy atom. The van der Waals surface area contributed by atoms with Crippen LogP contribution in [0, 0.1) is 5.41 Å². The minimum absolute atomic E-state index is 0.0216. The van der Waals surface area contributed by atoms with E-state index in [-0.39, 0.29) is 25.3 Å². The number of benzene rings is 1. The van der Waals surface area contributed by atoms with E-state index in [1.807, 2.05) is 30.3 Å². The van der Waals surface area contributed by atoms with E-state index in [4.69, 9.17) is 18.9 Å². The van der Waals surface area contributed by atoms with Crippen LogP contribution in [0.3, 0.4) is 0 Å². The van der Waals surface area contributed by atoms with Gasteiger partial charge < -0.3 is 18.9 Å². The number of esters is 1. The summed E-state index contributed by atoms with van der Waals surface area (Å²) in [6, 6.07) is 11.8. The minimum atomic E-state index is -4.34. The first-order valence-corrected chi connectivity index (χ1v) is 16.9. The van der Waals surface area contributed by atoms with E-state index in [0.29, 0.717) is 23.9 Å². The molecule has 41 heavy (non-hydrogen) atoms. The number of hydrogen-bond acceptors (Lipinski definition) is 8. The molecule has 0 fully saturated rings. The molecule has 2 heterocycles. The Kier molecular flexibility index (Phi) is 10.5. The zero-order chi connectivity index (χ0) is 30.3.